The topological polar surface area (TPSA) is 74.4 Å². The number of carbonyl (C=O) groups excluding carboxylic acids is 1. The maximum Gasteiger partial charge on any atom is 0.356 e. The Labute approximate surface area is 106 Å². The number of nitrogens with zero attached hydrogens (tertiary/aromatic N) is 1. The second-order valence-electron chi connectivity index (χ2n) is 4.54. The molecule has 1 aliphatic carbocycles. The highest BCUT2D eigenvalue weighted by atomic mass is 16.5. The molecule has 1 fully saturated rings. The first-order valence-electron chi connectivity index (χ1n) is 6.18. The van der Waals surface area contributed by atoms with Crippen molar-refractivity contribution in [2.75, 3.05) is 19.5 Å². The van der Waals surface area contributed by atoms with E-state index in [0.717, 1.165) is 0 Å². The van der Waals surface area contributed by atoms with E-state index < -0.39 is 5.97 Å². The smallest absolute Gasteiger partial charge is 0.356 e. The largest absolute Gasteiger partial charge is 0.476 e. The lowest BCUT2D eigenvalue weighted by Gasteiger charge is -2.12. The maximum absolute atomic E-state index is 11.4. The van der Waals surface area contributed by atoms with Crippen molar-refractivity contribution >= 4 is 11.7 Å². The van der Waals surface area contributed by atoms with Gasteiger partial charge in [-0.15, -0.1) is 0 Å². The number of nitrogens with two attached hydrogens (primary N) is 1. The standard InChI is InChI=1S/C13H18N2O3/c1-17-13(16)11-7-6-10(14)12(15-11)18-8-9-4-2-3-5-9/h6-7,9H,2-5,8,14H2,1H3. The van der Waals surface area contributed by atoms with Crippen LogP contribution < -0.4 is 10.5 Å². The van der Waals surface area contributed by atoms with Gasteiger partial charge in [-0.2, -0.15) is 0 Å². The van der Waals surface area contributed by atoms with E-state index in [-0.39, 0.29) is 5.69 Å². The number of methoxy groups -OCH3 is 1. The van der Waals surface area contributed by atoms with Crippen LogP contribution in [0, 0.1) is 5.92 Å². The summed E-state index contributed by atoms with van der Waals surface area (Å²) in [6.07, 6.45) is 4.91. The second-order valence-corrected chi connectivity index (χ2v) is 4.54. The number of hydrogen-bond acceptors (Lipinski definition) is 5. The molecule has 98 valence electrons. The Hall–Kier alpha value is -1.78. The monoisotopic (exact) mass is 250 g/mol. The summed E-state index contributed by atoms with van der Waals surface area (Å²) in [7, 11) is 1.32. The van der Waals surface area contributed by atoms with E-state index in [4.69, 9.17) is 10.5 Å². The first-order valence-corrected chi connectivity index (χ1v) is 6.18. The predicted octanol–water partition coefficient (Wildman–Crippen LogP) is 2.02. The van der Waals surface area contributed by atoms with Crippen LogP contribution >= 0.6 is 0 Å². The van der Waals surface area contributed by atoms with Crippen LogP contribution in [0.4, 0.5) is 5.69 Å². The normalized spacial score (nSPS) is 15.6. The quantitative estimate of drug-likeness (QED) is 0.827. The minimum Gasteiger partial charge on any atom is -0.476 e. The number of pyridine rings is 1. The van der Waals surface area contributed by atoms with Gasteiger partial charge in [0.15, 0.2) is 5.69 Å². The molecular weight excluding hydrogens is 232 g/mol. The van der Waals surface area contributed by atoms with Gasteiger partial charge in [0, 0.05) is 0 Å². The fraction of sp³-hybridized carbons (Fsp3) is 0.538. The van der Waals surface area contributed by atoms with Crippen LogP contribution in [0.3, 0.4) is 0 Å². The van der Waals surface area contributed by atoms with Crippen molar-refractivity contribution in [3.63, 3.8) is 0 Å². The number of ether oxygens (including phenoxy) is 2. The molecule has 0 aliphatic heterocycles. The third-order valence-electron chi connectivity index (χ3n) is 3.21. The van der Waals surface area contributed by atoms with Crippen molar-refractivity contribution in [1.82, 2.24) is 4.98 Å². The van der Waals surface area contributed by atoms with E-state index in [9.17, 15) is 4.79 Å². The Morgan fingerprint density at radius 1 is 1.44 bits per heavy atom. The molecule has 0 atom stereocenters. The average Bonchev–Trinajstić information content (AvgIpc) is 2.90. The SMILES string of the molecule is COC(=O)c1ccc(N)c(OCC2CCCC2)n1. The molecule has 0 radical (unpaired) electrons. The zero-order valence-electron chi connectivity index (χ0n) is 10.5. The van der Waals surface area contributed by atoms with Gasteiger partial charge in [0.05, 0.1) is 19.4 Å². The average molecular weight is 250 g/mol. The molecule has 0 bridgehead atoms. The van der Waals surface area contributed by atoms with Gasteiger partial charge in [-0.3, -0.25) is 0 Å². The highest BCUT2D eigenvalue weighted by Crippen LogP contribution is 2.26. The number of esters is 1. The van der Waals surface area contributed by atoms with Gasteiger partial charge in [-0.05, 0) is 30.9 Å². The van der Waals surface area contributed by atoms with Crippen molar-refractivity contribution in [2.24, 2.45) is 5.92 Å². The van der Waals surface area contributed by atoms with Gasteiger partial charge < -0.3 is 15.2 Å². The summed E-state index contributed by atoms with van der Waals surface area (Å²) in [5.41, 5.74) is 6.44. The van der Waals surface area contributed by atoms with Crippen LogP contribution in [-0.4, -0.2) is 24.7 Å². The van der Waals surface area contributed by atoms with Crippen molar-refractivity contribution in [3.05, 3.63) is 17.8 Å². The highest BCUT2D eigenvalue weighted by Gasteiger charge is 2.17. The molecule has 1 aromatic heterocycles. The Balaban J connectivity index is 2.03. The summed E-state index contributed by atoms with van der Waals surface area (Å²) < 4.78 is 10.2. The van der Waals surface area contributed by atoms with Crippen molar-refractivity contribution < 1.29 is 14.3 Å². The summed E-state index contributed by atoms with van der Waals surface area (Å²) in [5, 5.41) is 0. The molecule has 18 heavy (non-hydrogen) atoms. The molecule has 0 aromatic carbocycles. The molecule has 0 unspecified atom stereocenters. The van der Waals surface area contributed by atoms with Gasteiger partial charge in [-0.25, -0.2) is 9.78 Å². The van der Waals surface area contributed by atoms with Crippen LogP contribution in [0.25, 0.3) is 0 Å². The third-order valence-corrected chi connectivity index (χ3v) is 3.21. The Morgan fingerprint density at radius 2 is 2.17 bits per heavy atom. The van der Waals surface area contributed by atoms with Gasteiger partial charge in [0.2, 0.25) is 5.88 Å². The molecule has 5 heteroatoms. The van der Waals surface area contributed by atoms with Gasteiger partial charge in [0.25, 0.3) is 0 Å². The van der Waals surface area contributed by atoms with E-state index in [1.165, 1.54) is 38.9 Å². The molecule has 0 spiro atoms. The molecule has 1 aliphatic rings. The number of anilines is 1. The lowest BCUT2D eigenvalue weighted by molar-refractivity contribution is 0.0592. The van der Waals surface area contributed by atoms with Crippen molar-refractivity contribution in [2.45, 2.75) is 25.7 Å². The van der Waals surface area contributed by atoms with Crippen LogP contribution in [-0.2, 0) is 4.74 Å². The Kier molecular flexibility index (Phi) is 4.02. The fourth-order valence-corrected chi connectivity index (χ4v) is 2.16. The molecule has 5 nitrogen and oxygen atoms in total. The minimum absolute atomic E-state index is 0.216. The number of hydrogen-bond donors (Lipinski definition) is 1. The summed E-state index contributed by atoms with van der Waals surface area (Å²) in [6.45, 7) is 0.613. The van der Waals surface area contributed by atoms with E-state index in [1.54, 1.807) is 6.07 Å². The second kappa shape index (κ2) is 5.71. The van der Waals surface area contributed by atoms with Crippen molar-refractivity contribution in [3.8, 4) is 5.88 Å². The van der Waals surface area contributed by atoms with Gasteiger partial charge in [-0.1, -0.05) is 12.8 Å². The maximum atomic E-state index is 11.4. The number of carbonyl (C=O) groups is 1. The Morgan fingerprint density at radius 3 is 2.83 bits per heavy atom. The number of rotatable bonds is 4. The fourth-order valence-electron chi connectivity index (χ4n) is 2.16. The molecule has 1 aromatic rings. The lowest BCUT2D eigenvalue weighted by atomic mass is 10.1. The van der Waals surface area contributed by atoms with Gasteiger partial charge >= 0.3 is 5.97 Å². The van der Waals surface area contributed by atoms with Crippen LogP contribution in [0.5, 0.6) is 5.88 Å². The van der Waals surface area contributed by atoms with E-state index in [2.05, 4.69) is 9.72 Å². The summed E-state index contributed by atoms with van der Waals surface area (Å²) in [5.74, 6) is 0.415. The third kappa shape index (κ3) is 2.91. The molecule has 1 saturated carbocycles. The molecule has 2 N–H and O–H groups in total. The first-order chi connectivity index (χ1) is 8.70. The van der Waals surface area contributed by atoms with Crippen LogP contribution in [0.2, 0.25) is 0 Å². The zero-order valence-corrected chi connectivity index (χ0v) is 10.5. The molecular formula is C13H18N2O3. The molecule has 2 rings (SSSR count). The van der Waals surface area contributed by atoms with Crippen LogP contribution in [0.15, 0.2) is 12.1 Å². The first kappa shape index (κ1) is 12.7. The summed E-state index contributed by atoms with van der Waals surface area (Å²) >= 11 is 0. The highest BCUT2D eigenvalue weighted by molar-refractivity contribution is 5.87. The van der Waals surface area contributed by atoms with Crippen molar-refractivity contribution in [1.29, 1.82) is 0 Å². The minimum atomic E-state index is -0.485. The Bertz CT molecular complexity index is 428. The van der Waals surface area contributed by atoms with Crippen LogP contribution in [0.1, 0.15) is 36.2 Å². The molecule has 0 amide bonds. The van der Waals surface area contributed by atoms with E-state index in [0.29, 0.717) is 24.1 Å². The molecule has 0 saturated heterocycles. The van der Waals surface area contributed by atoms with E-state index in [1.807, 2.05) is 0 Å². The zero-order chi connectivity index (χ0) is 13.0. The summed E-state index contributed by atoms with van der Waals surface area (Å²) in [6, 6.07) is 3.15. The van der Waals surface area contributed by atoms with Gasteiger partial charge in [0.1, 0.15) is 0 Å². The molecule has 1 heterocycles. The number of aromatic nitrogens is 1. The summed E-state index contributed by atoms with van der Waals surface area (Å²) in [4.78, 5) is 15.4. The predicted molar refractivity (Wildman–Crippen MR) is 67.4 cm³/mol. The number of nitrogen functional groups attached to an aromatic ring is 1. The van der Waals surface area contributed by atoms with E-state index >= 15 is 0 Å². The lowest BCUT2D eigenvalue weighted by Crippen LogP contribution is -2.12.